The minimum atomic E-state index is -0.831. The zero-order chi connectivity index (χ0) is 20.7. The molecule has 152 valence electrons. The fraction of sp³-hybridized carbons (Fsp3) is 0.438. The number of urea groups is 1. The number of benzene rings is 1. The maximum absolute atomic E-state index is 12.3. The van der Waals surface area contributed by atoms with Crippen molar-refractivity contribution < 1.29 is 29.2 Å². The van der Waals surface area contributed by atoms with E-state index in [1.165, 1.54) is 29.2 Å². The van der Waals surface area contributed by atoms with Crippen LogP contribution in [0.1, 0.15) is 12.0 Å². The smallest absolute Gasteiger partial charge is 0.410 e. The summed E-state index contributed by atoms with van der Waals surface area (Å²) in [6, 6.07) is 4.27. The quantitative estimate of drug-likeness (QED) is 0.353. The highest BCUT2D eigenvalue weighted by Crippen LogP contribution is 2.19. The van der Waals surface area contributed by atoms with Crippen LogP contribution in [0.5, 0.6) is 0 Å². The molecule has 0 aliphatic carbocycles. The Labute approximate surface area is 159 Å². The van der Waals surface area contributed by atoms with Crippen molar-refractivity contribution in [2.45, 2.75) is 25.2 Å². The van der Waals surface area contributed by atoms with E-state index < -0.39 is 35.1 Å². The van der Waals surface area contributed by atoms with Gasteiger partial charge >= 0.3 is 12.1 Å². The van der Waals surface area contributed by atoms with Crippen molar-refractivity contribution in [2.75, 3.05) is 19.6 Å². The fourth-order valence-electron chi connectivity index (χ4n) is 2.71. The molecular formula is C16H21N5O7. The summed E-state index contributed by atoms with van der Waals surface area (Å²) in [7, 11) is 0. The van der Waals surface area contributed by atoms with Crippen molar-refractivity contribution in [3.05, 3.63) is 39.9 Å². The lowest BCUT2D eigenvalue weighted by molar-refractivity contribution is -0.384. The minimum absolute atomic E-state index is 0.0547. The summed E-state index contributed by atoms with van der Waals surface area (Å²) in [6.45, 7) is -0.262. The zero-order valence-electron chi connectivity index (χ0n) is 14.9. The molecule has 12 heteroatoms. The fourth-order valence-corrected chi connectivity index (χ4v) is 2.71. The highest BCUT2D eigenvalue weighted by atomic mass is 16.6. The number of hydrogen-bond donors (Lipinski definition) is 4. The molecule has 12 nitrogen and oxygen atoms in total. The first kappa shape index (κ1) is 20.9. The highest BCUT2D eigenvalue weighted by Gasteiger charge is 2.35. The third-order valence-electron chi connectivity index (χ3n) is 4.09. The lowest BCUT2D eigenvalue weighted by atomic mass is 10.2. The summed E-state index contributed by atoms with van der Waals surface area (Å²) in [5.41, 5.74) is 5.38. The predicted octanol–water partition coefficient (Wildman–Crippen LogP) is -0.549. The number of carbonyl (C=O) groups is 3. The molecule has 1 heterocycles. The maximum atomic E-state index is 12.3. The molecule has 4 amide bonds. The van der Waals surface area contributed by atoms with Crippen molar-refractivity contribution in [1.29, 1.82) is 0 Å². The van der Waals surface area contributed by atoms with E-state index in [4.69, 9.17) is 10.5 Å². The number of nitrogens with one attached hydrogen (secondary N) is 2. The number of primary amides is 1. The maximum Gasteiger partial charge on any atom is 0.410 e. The monoisotopic (exact) mass is 395 g/mol. The number of aliphatic hydroxyl groups is 1. The number of aliphatic hydroxyl groups excluding tert-OH is 1. The van der Waals surface area contributed by atoms with Crippen LogP contribution in [0, 0.1) is 10.1 Å². The first-order valence-corrected chi connectivity index (χ1v) is 8.41. The summed E-state index contributed by atoms with van der Waals surface area (Å²) in [5.74, 6) is -0.487. The van der Waals surface area contributed by atoms with Crippen molar-refractivity contribution in [3.63, 3.8) is 0 Å². The molecule has 0 bridgehead atoms. The minimum Gasteiger partial charge on any atom is -0.445 e. The Bertz CT molecular complexity index is 739. The standard InChI is InChI=1S/C16H21N5O7/c17-15(24)19-7-14(23)18-6-12-5-13(22)8-20(12)16(25)28-9-10-1-3-11(4-2-10)21(26)27/h1-4,12-13,22H,5-9H2,(H,18,23)(H3,17,19,24)/t12-,13+/m0/s1. The third kappa shape index (κ3) is 6.09. The molecule has 1 aliphatic rings. The van der Waals surface area contributed by atoms with Crippen molar-refractivity contribution in [2.24, 2.45) is 5.73 Å². The molecule has 1 saturated heterocycles. The van der Waals surface area contributed by atoms with Crippen molar-refractivity contribution >= 4 is 23.7 Å². The number of nitro groups is 1. The van der Waals surface area contributed by atoms with Crippen LogP contribution in [0.3, 0.4) is 0 Å². The summed E-state index contributed by atoms with van der Waals surface area (Å²) in [6.07, 6.45) is -1.17. The van der Waals surface area contributed by atoms with Gasteiger partial charge in [-0.1, -0.05) is 0 Å². The number of carbonyl (C=O) groups excluding carboxylic acids is 3. The van der Waals surface area contributed by atoms with Crippen LogP contribution >= 0.6 is 0 Å². The van der Waals surface area contributed by atoms with E-state index in [0.717, 1.165) is 0 Å². The first-order chi connectivity index (χ1) is 13.3. The number of amides is 4. The van der Waals surface area contributed by atoms with E-state index in [9.17, 15) is 29.6 Å². The van der Waals surface area contributed by atoms with Crippen molar-refractivity contribution in [3.8, 4) is 0 Å². The number of ether oxygens (including phenoxy) is 1. The van der Waals surface area contributed by atoms with E-state index in [1.54, 1.807) is 0 Å². The molecule has 5 N–H and O–H groups in total. The Morgan fingerprint density at radius 3 is 2.57 bits per heavy atom. The SMILES string of the molecule is NC(=O)NCC(=O)NC[C@@H]1C[C@@H](O)CN1C(=O)OCc1ccc([N+](=O)[O-])cc1. The number of non-ortho nitro benzene ring substituents is 1. The summed E-state index contributed by atoms with van der Waals surface area (Å²) >= 11 is 0. The van der Waals surface area contributed by atoms with Gasteiger partial charge in [0.25, 0.3) is 5.69 Å². The molecule has 2 atom stereocenters. The molecule has 1 aliphatic heterocycles. The first-order valence-electron chi connectivity index (χ1n) is 8.41. The van der Waals surface area contributed by atoms with E-state index in [1.807, 2.05) is 0 Å². The summed E-state index contributed by atoms with van der Waals surface area (Å²) in [4.78, 5) is 45.9. The molecule has 0 aromatic heterocycles. The average Bonchev–Trinajstić information content (AvgIpc) is 3.03. The average molecular weight is 395 g/mol. The van der Waals surface area contributed by atoms with E-state index >= 15 is 0 Å². The van der Waals surface area contributed by atoms with Gasteiger partial charge in [0.2, 0.25) is 5.91 Å². The summed E-state index contributed by atoms with van der Waals surface area (Å²) in [5, 5.41) is 25.1. The number of nitrogens with zero attached hydrogens (tertiary/aromatic N) is 2. The Hall–Kier alpha value is -3.41. The summed E-state index contributed by atoms with van der Waals surface area (Å²) < 4.78 is 5.20. The lowest BCUT2D eigenvalue weighted by Gasteiger charge is -2.24. The van der Waals surface area contributed by atoms with Gasteiger partial charge < -0.3 is 31.1 Å². The molecule has 2 rings (SSSR count). The molecule has 0 spiro atoms. The molecule has 28 heavy (non-hydrogen) atoms. The van der Waals surface area contributed by atoms with Gasteiger partial charge in [0.05, 0.1) is 30.2 Å². The topological polar surface area (TPSA) is 177 Å². The molecular weight excluding hydrogens is 374 g/mol. The van der Waals surface area contributed by atoms with Gasteiger partial charge in [-0.2, -0.15) is 0 Å². The second kappa shape index (κ2) is 9.50. The number of likely N-dealkylation sites (tertiary alicyclic amines) is 1. The van der Waals surface area contributed by atoms with Gasteiger partial charge in [0.1, 0.15) is 6.61 Å². The predicted molar refractivity (Wildman–Crippen MR) is 95.0 cm³/mol. The number of hydrogen-bond acceptors (Lipinski definition) is 7. The van der Waals surface area contributed by atoms with Gasteiger partial charge in [-0.3, -0.25) is 14.9 Å². The Kier molecular flexibility index (Phi) is 7.09. The second-order valence-corrected chi connectivity index (χ2v) is 6.20. The Balaban J connectivity index is 1.85. The Morgan fingerprint density at radius 1 is 1.29 bits per heavy atom. The van der Waals surface area contributed by atoms with Crippen LogP contribution < -0.4 is 16.4 Å². The van der Waals surface area contributed by atoms with Gasteiger partial charge in [0.15, 0.2) is 0 Å². The normalized spacial score (nSPS) is 18.4. The molecule has 1 fully saturated rings. The lowest BCUT2D eigenvalue weighted by Crippen LogP contribution is -2.46. The number of β-amino-alcohol motifs (C(OH)–C–C–N with tert-alkyl or cyclic N) is 1. The second-order valence-electron chi connectivity index (χ2n) is 6.20. The molecule has 1 aromatic carbocycles. The third-order valence-corrected chi connectivity index (χ3v) is 4.09. The van der Waals surface area contributed by atoms with Crippen LogP contribution in [-0.4, -0.2) is 64.7 Å². The van der Waals surface area contributed by atoms with Crippen LogP contribution in [0.4, 0.5) is 15.3 Å². The van der Waals surface area contributed by atoms with Crippen LogP contribution in [-0.2, 0) is 16.1 Å². The number of nitrogens with two attached hydrogens (primary N) is 1. The van der Waals surface area contributed by atoms with E-state index in [2.05, 4.69) is 10.6 Å². The van der Waals surface area contributed by atoms with Crippen LogP contribution in [0.2, 0.25) is 0 Å². The molecule has 0 unspecified atom stereocenters. The van der Waals surface area contributed by atoms with Gasteiger partial charge in [-0.25, -0.2) is 9.59 Å². The van der Waals surface area contributed by atoms with Gasteiger partial charge in [0, 0.05) is 18.7 Å². The van der Waals surface area contributed by atoms with Gasteiger partial charge in [-0.15, -0.1) is 0 Å². The Morgan fingerprint density at radius 2 is 1.96 bits per heavy atom. The molecule has 0 saturated carbocycles. The number of rotatable bonds is 7. The molecule has 0 radical (unpaired) electrons. The van der Waals surface area contributed by atoms with Crippen LogP contribution in [0.25, 0.3) is 0 Å². The zero-order valence-corrected chi connectivity index (χ0v) is 14.9. The van der Waals surface area contributed by atoms with Crippen molar-refractivity contribution in [1.82, 2.24) is 15.5 Å². The van der Waals surface area contributed by atoms with E-state index in [0.29, 0.717) is 5.56 Å². The number of nitro benzene ring substituents is 1. The largest absolute Gasteiger partial charge is 0.445 e. The highest BCUT2D eigenvalue weighted by molar-refractivity contribution is 5.83. The van der Waals surface area contributed by atoms with Gasteiger partial charge in [-0.05, 0) is 24.1 Å². The van der Waals surface area contributed by atoms with Crippen LogP contribution in [0.15, 0.2) is 24.3 Å². The van der Waals surface area contributed by atoms with E-state index in [-0.39, 0.29) is 38.3 Å². The molecule has 1 aromatic rings.